The molecule has 0 amide bonds. The molecule has 1 aliphatic heterocycles. The minimum Gasteiger partial charge on any atom is -0.467 e. The molecule has 4 aromatic rings. The number of pyridine rings is 1. The Bertz CT molecular complexity index is 1230. The Morgan fingerprint density at radius 1 is 1.25 bits per heavy atom. The van der Waals surface area contributed by atoms with Gasteiger partial charge in [-0.05, 0) is 45.8 Å². The number of nitrogens with zero attached hydrogens (tertiary/aromatic N) is 4. The van der Waals surface area contributed by atoms with Crippen LogP contribution >= 0.6 is 11.3 Å². The van der Waals surface area contributed by atoms with Crippen LogP contribution in [0.15, 0.2) is 35.8 Å². The Labute approximate surface area is 190 Å². The summed E-state index contributed by atoms with van der Waals surface area (Å²) in [5, 5.41) is 12.9. The van der Waals surface area contributed by atoms with Crippen LogP contribution in [-0.2, 0) is 0 Å². The zero-order chi connectivity index (χ0) is 22.5. The van der Waals surface area contributed by atoms with Crippen molar-refractivity contribution in [3.05, 3.63) is 42.2 Å². The van der Waals surface area contributed by atoms with E-state index in [0.717, 1.165) is 70.1 Å². The maximum Gasteiger partial charge on any atom is 0.275 e. The number of aliphatic imine (C=N–C) groups is 1. The summed E-state index contributed by atoms with van der Waals surface area (Å²) >= 11 is 1.49. The SMILES string of the molecule is C#C.C/C(=N\c1sc(OC2CCNCC2)nc1C)c1ncc(-c2cn[nH]c2)c2cc[nH]c12. The summed E-state index contributed by atoms with van der Waals surface area (Å²) in [6, 6.07) is 2.05. The van der Waals surface area contributed by atoms with Crippen LogP contribution < -0.4 is 10.1 Å². The van der Waals surface area contributed by atoms with E-state index in [-0.39, 0.29) is 6.10 Å². The fourth-order valence-corrected chi connectivity index (χ4v) is 4.64. The third-order valence-electron chi connectivity index (χ3n) is 5.32. The maximum absolute atomic E-state index is 6.09. The quantitative estimate of drug-likeness (QED) is 0.314. The molecular weight excluding hydrogens is 422 g/mol. The molecule has 32 heavy (non-hydrogen) atoms. The van der Waals surface area contributed by atoms with E-state index in [1.165, 1.54) is 11.3 Å². The van der Waals surface area contributed by atoms with E-state index in [1.54, 1.807) is 6.20 Å². The molecule has 0 atom stereocenters. The summed E-state index contributed by atoms with van der Waals surface area (Å²) in [6.45, 7) is 5.93. The number of thiazole rings is 1. The zero-order valence-corrected chi connectivity index (χ0v) is 18.9. The third-order valence-corrected chi connectivity index (χ3v) is 6.27. The van der Waals surface area contributed by atoms with E-state index < -0.39 is 0 Å². The molecule has 1 fully saturated rings. The lowest BCUT2D eigenvalue weighted by Crippen LogP contribution is -2.34. The van der Waals surface area contributed by atoms with E-state index in [4.69, 9.17) is 14.7 Å². The summed E-state index contributed by atoms with van der Waals surface area (Å²) < 4.78 is 6.09. The second-order valence-corrected chi connectivity index (χ2v) is 8.35. The molecule has 1 saturated heterocycles. The van der Waals surface area contributed by atoms with Gasteiger partial charge in [-0.2, -0.15) is 5.10 Å². The second-order valence-electron chi connectivity index (χ2n) is 7.41. The highest BCUT2D eigenvalue weighted by molar-refractivity contribution is 7.17. The number of nitrogens with one attached hydrogen (secondary N) is 3. The Hall–Kier alpha value is -3.48. The molecule has 0 aromatic carbocycles. The van der Waals surface area contributed by atoms with Gasteiger partial charge in [0.25, 0.3) is 5.19 Å². The van der Waals surface area contributed by atoms with Gasteiger partial charge in [0.15, 0.2) is 0 Å². The first-order chi connectivity index (χ1) is 15.7. The van der Waals surface area contributed by atoms with E-state index in [0.29, 0.717) is 5.19 Å². The number of aryl methyl sites for hydroxylation is 1. The van der Waals surface area contributed by atoms with Gasteiger partial charge >= 0.3 is 0 Å². The van der Waals surface area contributed by atoms with Gasteiger partial charge in [0, 0.05) is 35.1 Å². The van der Waals surface area contributed by atoms with Crippen LogP contribution in [0.25, 0.3) is 22.0 Å². The largest absolute Gasteiger partial charge is 0.467 e. The Morgan fingerprint density at radius 2 is 2.06 bits per heavy atom. The first-order valence-electron chi connectivity index (χ1n) is 10.4. The monoisotopic (exact) mass is 447 g/mol. The molecular formula is C23H25N7OS. The number of aromatic amines is 2. The summed E-state index contributed by atoms with van der Waals surface area (Å²) in [6.07, 6.45) is 17.7. The Kier molecular flexibility index (Phi) is 6.63. The lowest BCUT2D eigenvalue weighted by Gasteiger charge is -2.22. The third kappa shape index (κ3) is 4.42. The summed E-state index contributed by atoms with van der Waals surface area (Å²) in [4.78, 5) is 17.4. The number of fused-ring (bicyclic) bond motifs is 1. The number of hydrogen-bond acceptors (Lipinski definition) is 7. The molecule has 0 bridgehead atoms. The smallest absolute Gasteiger partial charge is 0.275 e. The van der Waals surface area contributed by atoms with Crippen LogP contribution in [-0.4, -0.2) is 50.1 Å². The lowest BCUT2D eigenvalue weighted by atomic mass is 10.1. The number of piperidine rings is 1. The molecule has 5 rings (SSSR count). The van der Waals surface area contributed by atoms with Gasteiger partial charge in [0.05, 0.1) is 23.1 Å². The normalized spacial score (nSPS) is 14.8. The van der Waals surface area contributed by atoms with Crippen LogP contribution in [0.5, 0.6) is 5.19 Å². The summed E-state index contributed by atoms with van der Waals surface area (Å²) in [5.41, 5.74) is 5.54. The predicted octanol–water partition coefficient (Wildman–Crippen LogP) is 4.24. The number of terminal acetylenes is 1. The predicted molar refractivity (Wildman–Crippen MR) is 129 cm³/mol. The number of H-pyrrole nitrogens is 2. The molecule has 8 nitrogen and oxygen atoms in total. The molecule has 0 saturated carbocycles. The van der Waals surface area contributed by atoms with Crippen molar-refractivity contribution in [2.24, 2.45) is 4.99 Å². The maximum atomic E-state index is 6.09. The first kappa shape index (κ1) is 21.7. The number of ether oxygens (including phenoxy) is 1. The van der Waals surface area contributed by atoms with E-state index in [2.05, 4.69) is 44.4 Å². The second kappa shape index (κ2) is 9.77. The highest BCUT2D eigenvalue weighted by atomic mass is 32.1. The van der Waals surface area contributed by atoms with Crippen LogP contribution in [0.1, 0.15) is 31.2 Å². The topological polar surface area (TPSA) is 104 Å². The van der Waals surface area contributed by atoms with Crippen molar-refractivity contribution < 1.29 is 4.74 Å². The van der Waals surface area contributed by atoms with Gasteiger partial charge in [-0.1, -0.05) is 11.3 Å². The van der Waals surface area contributed by atoms with Crippen molar-refractivity contribution in [1.29, 1.82) is 0 Å². The minimum atomic E-state index is 0.227. The summed E-state index contributed by atoms with van der Waals surface area (Å²) in [7, 11) is 0. The fourth-order valence-electron chi connectivity index (χ4n) is 3.73. The van der Waals surface area contributed by atoms with E-state index in [1.807, 2.05) is 32.4 Å². The molecule has 164 valence electrons. The summed E-state index contributed by atoms with van der Waals surface area (Å²) in [5.74, 6) is 0. The Morgan fingerprint density at radius 3 is 2.81 bits per heavy atom. The fraction of sp³-hybridized carbons (Fsp3) is 0.304. The molecule has 0 aliphatic carbocycles. The van der Waals surface area contributed by atoms with Crippen LogP contribution in [0.4, 0.5) is 5.00 Å². The van der Waals surface area contributed by atoms with Crippen LogP contribution in [0.2, 0.25) is 0 Å². The zero-order valence-electron chi connectivity index (χ0n) is 18.1. The van der Waals surface area contributed by atoms with Crippen molar-refractivity contribution in [2.45, 2.75) is 32.8 Å². The van der Waals surface area contributed by atoms with Crippen molar-refractivity contribution in [1.82, 2.24) is 30.5 Å². The number of rotatable bonds is 5. The van der Waals surface area contributed by atoms with Crippen LogP contribution in [0.3, 0.4) is 0 Å². The molecule has 9 heteroatoms. The number of hydrogen-bond donors (Lipinski definition) is 3. The van der Waals surface area contributed by atoms with Crippen molar-refractivity contribution in [3.63, 3.8) is 0 Å². The van der Waals surface area contributed by atoms with Crippen molar-refractivity contribution >= 4 is 33.0 Å². The molecule has 0 unspecified atom stereocenters. The lowest BCUT2D eigenvalue weighted by molar-refractivity contribution is 0.161. The van der Waals surface area contributed by atoms with Crippen LogP contribution in [0, 0.1) is 19.8 Å². The highest BCUT2D eigenvalue weighted by Crippen LogP contribution is 2.35. The average molecular weight is 448 g/mol. The highest BCUT2D eigenvalue weighted by Gasteiger charge is 2.18. The van der Waals surface area contributed by atoms with Gasteiger partial charge in [0.2, 0.25) is 0 Å². The average Bonchev–Trinajstić information content (AvgIpc) is 3.57. The van der Waals surface area contributed by atoms with E-state index >= 15 is 0 Å². The molecule has 4 aromatic heterocycles. The van der Waals surface area contributed by atoms with Gasteiger partial charge in [-0.3, -0.25) is 10.1 Å². The molecule has 1 aliphatic rings. The standard InChI is InChI=1S/C21H23N7OS.C2H2/c1-12(27-20-13(2)28-21(30-20)29-15-3-6-22-7-4-15)18-19-16(5-8-23-19)17(11-24-18)14-9-25-26-10-14;1-2/h5,8-11,15,22-23H,3-4,6-7H2,1-2H3,(H,25,26);1-2H/b27-12+;. The molecule has 0 radical (unpaired) electrons. The van der Waals surface area contributed by atoms with Gasteiger partial charge in [0.1, 0.15) is 16.8 Å². The van der Waals surface area contributed by atoms with Gasteiger partial charge < -0.3 is 15.0 Å². The van der Waals surface area contributed by atoms with E-state index in [9.17, 15) is 0 Å². The van der Waals surface area contributed by atoms with Crippen molar-refractivity contribution in [3.8, 4) is 29.2 Å². The van der Waals surface area contributed by atoms with Crippen molar-refractivity contribution in [2.75, 3.05) is 13.1 Å². The van der Waals surface area contributed by atoms with Gasteiger partial charge in [-0.15, -0.1) is 12.8 Å². The molecule has 0 spiro atoms. The Balaban J connectivity index is 0.00000119. The van der Waals surface area contributed by atoms with Gasteiger partial charge in [-0.25, -0.2) is 9.98 Å². The number of aromatic nitrogens is 5. The molecule has 3 N–H and O–H groups in total. The first-order valence-corrected chi connectivity index (χ1v) is 11.2. The molecule has 5 heterocycles. The minimum absolute atomic E-state index is 0.227.